The molecule has 0 aliphatic rings. The number of benzene rings is 2. The minimum absolute atomic E-state index is 0.0972. The van der Waals surface area contributed by atoms with Gasteiger partial charge < -0.3 is 9.84 Å². The zero-order valence-corrected chi connectivity index (χ0v) is 12.3. The van der Waals surface area contributed by atoms with Crippen LogP contribution in [0.4, 0.5) is 5.69 Å². The molecule has 0 radical (unpaired) electrons. The van der Waals surface area contributed by atoms with Gasteiger partial charge in [0.25, 0.3) is 0 Å². The highest BCUT2D eigenvalue weighted by Crippen LogP contribution is 2.29. The third-order valence-electron chi connectivity index (χ3n) is 2.76. The molecule has 0 saturated heterocycles. The highest BCUT2D eigenvalue weighted by atomic mass is 79.9. The van der Waals surface area contributed by atoms with Crippen molar-refractivity contribution in [3.8, 4) is 11.5 Å². The molecule has 0 unspecified atom stereocenters. The summed E-state index contributed by atoms with van der Waals surface area (Å²) in [4.78, 5) is 4.34. The quantitative estimate of drug-likeness (QED) is 0.860. The Morgan fingerprint density at radius 2 is 2.05 bits per heavy atom. The first-order valence-corrected chi connectivity index (χ1v) is 6.57. The minimum atomic E-state index is 0.0972. The molecule has 0 aliphatic heterocycles. The second kappa shape index (κ2) is 5.89. The van der Waals surface area contributed by atoms with Gasteiger partial charge in [0.2, 0.25) is 0 Å². The summed E-state index contributed by atoms with van der Waals surface area (Å²) in [5, 5.41) is 9.94. The number of nitrogens with zero attached hydrogens (tertiary/aromatic N) is 1. The number of aromatic hydroxyl groups is 1. The van der Waals surface area contributed by atoms with E-state index < -0.39 is 0 Å². The van der Waals surface area contributed by atoms with E-state index in [1.807, 2.05) is 31.2 Å². The molecule has 2 aromatic carbocycles. The van der Waals surface area contributed by atoms with Crippen LogP contribution in [0.15, 0.2) is 45.9 Å². The van der Waals surface area contributed by atoms with Crippen LogP contribution in [-0.4, -0.2) is 18.4 Å². The predicted molar refractivity (Wildman–Crippen MR) is 80.8 cm³/mol. The average molecular weight is 320 g/mol. The fraction of sp³-hybridized carbons (Fsp3) is 0.133. The van der Waals surface area contributed by atoms with Crippen molar-refractivity contribution in [2.75, 3.05) is 7.11 Å². The molecule has 0 aliphatic carbocycles. The van der Waals surface area contributed by atoms with E-state index in [0.29, 0.717) is 11.3 Å². The van der Waals surface area contributed by atoms with Crippen molar-refractivity contribution in [3.05, 3.63) is 52.0 Å². The van der Waals surface area contributed by atoms with Gasteiger partial charge in [-0.25, -0.2) is 0 Å². The monoisotopic (exact) mass is 319 g/mol. The molecule has 98 valence electrons. The van der Waals surface area contributed by atoms with E-state index in [1.54, 1.807) is 18.3 Å². The first kappa shape index (κ1) is 13.6. The Balaban J connectivity index is 2.30. The Kier molecular flexibility index (Phi) is 4.22. The maximum Gasteiger partial charge on any atom is 0.166 e. The third-order valence-corrected chi connectivity index (χ3v) is 3.61. The lowest BCUT2D eigenvalue weighted by Crippen LogP contribution is -1.88. The van der Waals surface area contributed by atoms with E-state index in [2.05, 4.69) is 20.9 Å². The van der Waals surface area contributed by atoms with E-state index in [-0.39, 0.29) is 5.75 Å². The summed E-state index contributed by atoms with van der Waals surface area (Å²) < 4.78 is 6.06. The van der Waals surface area contributed by atoms with Gasteiger partial charge in [0, 0.05) is 16.3 Å². The molecule has 1 N–H and O–H groups in total. The Morgan fingerprint density at radius 1 is 1.26 bits per heavy atom. The van der Waals surface area contributed by atoms with E-state index in [4.69, 9.17) is 4.74 Å². The molecular weight excluding hydrogens is 306 g/mol. The van der Waals surface area contributed by atoms with Crippen molar-refractivity contribution in [1.29, 1.82) is 0 Å². The molecule has 2 aromatic rings. The minimum Gasteiger partial charge on any atom is -0.504 e. The number of hydrogen-bond donors (Lipinski definition) is 1. The predicted octanol–water partition coefficient (Wildman–Crippen LogP) is 4.22. The summed E-state index contributed by atoms with van der Waals surface area (Å²) in [5.74, 6) is 0.536. The fourth-order valence-corrected chi connectivity index (χ4v) is 1.98. The molecule has 4 heteroatoms. The summed E-state index contributed by atoms with van der Waals surface area (Å²) in [5.41, 5.74) is 2.60. The summed E-state index contributed by atoms with van der Waals surface area (Å²) in [6, 6.07) is 11.1. The lowest BCUT2D eigenvalue weighted by molar-refractivity contribution is 0.373. The molecule has 0 saturated carbocycles. The first-order valence-electron chi connectivity index (χ1n) is 5.78. The van der Waals surface area contributed by atoms with Crippen LogP contribution in [0.3, 0.4) is 0 Å². The van der Waals surface area contributed by atoms with Gasteiger partial charge >= 0.3 is 0 Å². The lowest BCUT2D eigenvalue weighted by Gasteiger charge is -2.05. The molecule has 2 rings (SSSR count). The Hall–Kier alpha value is -1.81. The average Bonchev–Trinajstić information content (AvgIpc) is 2.41. The van der Waals surface area contributed by atoms with Gasteiger partial charge in [-0.15, -0.1) is 0 Å². The Labute approximate surface area is 120 Å². The van der Waals surface area contributed by atoms with Crippen molar-refractivity contribution >= 4 is 27.8 Å². The van der Waals surface area contributed by atoms with Crippen molar-refractivity contribution in [3.63, 3.8) is 0 Å². The summed E-state index contributed by atoms with van der Waals surface area (Å²) >= 11 is 3.47. The number of phenolic OH excluding ortho intramolecular Hbond substituents is 1. The highest BCUT2D eigenvalue weighted by Gasteiger charge is 2.04. The molecule has 0 spiro atoms. The molecule has 3 nitrogen and oxygen atoms in total. The number of hydrogen-bond acceptors (Lipinski definition) is 3. The van der Waals surface area contributed by atoms with Gasteiger partial charge in [0.05, 0.1) is 12.8 Å². The molecule has 0 heterocycles. The Morgan fingerprint density at radius 3 is 2.74 bits per heavy atom. The standard InChI is InChI=1S/C15H14BrNO2/c1-10-6-7-12(8-13(10)16)17-9-11-4-3-5-14(19-2)15(11)18/h3-9,18H,1-2H3. The molecule has 0 aromatic heterocycles. The van der Waals surface area contributed by atoms with Crippen LogP contribution in [0.5, 0.6) is 11.5 Å². The lowest BCUT2D eigenvalue weighted by atomic mass is 10.2. The van der Waals surface area contributed by atoms with Crippen LogP contribution in [-0.2, 0) is 0 Å². The van der Waals surface area contributed by atoms with Crippen molar-refractivity contribution in [1.82, 2.24) is 0 Å². The zero-order valence-electron chi connectivity index (χ0n) is 10.7. The normalized spacial score (nSPS) is 10.9. The highest BCUT2D eigenvalue weighted by molar-refractivity contribution is 9.10. The maximum atomic E-state index is 9.94. The summed E-state index contributed by atoms with van der Waals surface area (Å²) in [6.07, 6.45) is 1.62. The van der Waals surface area contributed by atoms with Crippen LogP contribution in [0.2, 0.25) is 0 Å². The van der Waals surface area contributed by atoms with Crippen LogP contribution >= 0.6 is 15.9 Å². The second-order valence-electron chi connectivity index (χ2n) is 4.09. The molecule has 0 atom stereocenters. The van der Waals surface area contributed by atoms with Crippen LogP contribution in [0.25, 0.3) is 0 Å². The van der Waals surface area contributed by atoms with Crippen LogP contribution in [0.1, 0.15) is 11.1 Å². The number of halogens is 1. The smallest absolute Gasteiger partial charge is 0.166 e. The molecule has 0 amide bonds. The number of para-hydroxylation sites is 1. The van der Waals surface area contributed by atoms with Gasteiger partial charge in [-0.2, -0.15) is 0 Å². The van der Waals surface area contributed by atoms with Gasteiger partial charge in [-0.1, -0.05) is 28.1 Å². The number of phenols is 1. The first-order chi connectivity index (χ1) is 9.11. The molecule has 0 fully saturated rings. The molecular formula is C15H14BrNO2. The maximum absolute atomic E-state index is 9.94. The van der Waals surface area contributed by atoms with Gasteiger partial charge in [-0.05, 0) is 36.8 Å². The summed E-state index contributed by atoms with van der Waals surface area (Å²) in [7, 11) is 1.52. The number of methoxy groups -OCH3 is 1. The van der Waals surface area contributed by atoms with E-state index in [0.717, 1.165) is 15.7 Å². The van der Waals surface area contributed by atoms with Gasteiger partial charge in [0.1, 0.15) is 0 Å². The van der Waals surface area contributed by atoms with Gasteiger partial charge in [0.15, 0.2) is 11.5 Å². The summed E-state index contributed by atoms with van der Waals surface area (Å²) in [6.45, 7) is 2.02. The number of aryl methyl sites for hydroxylation is 1. The van der Waals surface area contributed by atoms with Crippen LogP contribution in [0, 0.1) is 6.92 Å². The van der Waals surface area contributed by atoms with Crippen molar-refractivity contribution < 1.29 is 9.84 Å². The van der Waals surface area contributed by atoms with Crippen molar-refractivity contribution in [2.24, 2.45) is 4.99 Å². The topological polar surface area (TPSA) is 41.8 Å². The van der Waals surface area contributed by atoms with Gasteiger partial charge in [-0.3, -0.25) is 4.99 Å². The fourth-order valence-electron chi connectivity index (χ4n) is 1.61. The molecule has 19 heavy (non-hydrogen) atoms. The van der Waals surface area contributed by atoms with Crippen LogP contribution < -0.4 is 4.74 Å². The van der Waals surface area contributed by atoms with E-state index >= 15 is 0 Å². The number of ether oxygens (including phenoxy) is 1. The number of aliphatic imine (C=N–C) groups is 1. The van der Waals surface area contributed by atoms with E-state index in [9.17, 15) is 5.11 Å². The number of rotatable bonds is 3. The van der Waals surface area contributed by atoms with Crippen molar-refractivity contribution in [2.45, 2.75) is 6.92 Å². The van der Waals surface area contributed by atoms with E-state index in [1.165, 1.54) is 7.11 Å². The Bertz CT molecular complexity index is 624. The largest absolute Gasteiger partial charge is 0.504 e. The SMILES string of the molecule is COc1cccc(C=Nc2ccc(C)c(Br)c2)c1O. The zero-order chi connectivity index (χ0) is 13.8. The second-order valence-corrected chi connectivity index (χ2v) is 4.94. The molecule has 0 bridgehead atoms. The third kappa shape index (κ3) is 3.15.